The number of carbonyl (C=O) groups is 1. The van der Waals surface area contributed by atoms with E-state index in [0.29, 0.717) is 11.4 Å². The van der Waals surface area contributed by atoms with Gasteiger partial charge in [-0.05, 0) is 13.0 Å². The number of aromatic nitrogens is 2. The van der Waals surface area contributed by atoms with Crippen molar-refractivity contribution >= 4 is 11.7 Å². The molecule has 0 bridgehead atoms. The first-order valence-electron chi connectivity index (χ1n) is 5.42. The zero-order valence-corrected chi connectivity index (χ0v) is 10.3. The van der Waals surface area contributed by atoms with E-state index in [1.54, 1.807) is 6.92 Å². The van der Waals surface area contributed by atoms with Crippen LogP contribution >= 0.6 is 0 Å². The number of nitro benzene ring substituents is 1. The first kappa shape index (κ1) is 13.5. The summed E-state index contributed by atoms with van der Waals surface area (Å²) in [4.78, 5) is 21.2. The van der Waals surface area contributed by atoms with Gasteiger partial charge in [-0.25, -0.2) is 9.42 Å². The molecule has 0 aliphatic carbocycles. The van der Waals surface area contributed by atoms with E-state index in [1.165, 1.54) is 12.1 Å². The van der Waals surface area contributed by atoms with Crippen LogP contribution in [0.25, 0.3) is 0 Å². The van der Waals surface area contributed by atoms with E-state index < -0.39 is 22.1 Å². The summed E-state index contributed by atoms with van der Waals surface area (Å²) in [5, 5.41) is 27.0. The number of carboxylic acid groups (broad SMARTS) is 1. The van der Waals surface area contributed by atoms with Crippen molar-refractivity contribution in [3.05, 3.63) is 45.3 Å². The molecule has 0 aliphatic rings. The van der Waals surface area contributed by atoms with Crippen molar-refractivity contribution < 1.29 is 24.2 Å². The van der Waals surface area contributed by atoms with E-state index >= 15 is 0 Å². The maximum Gasteiger partial charge on any atom is 0.346 e. The molecule has 20 heavy (non-hydrogen) atoms. The number of hydrogen-bond acceptors (Lipinski definition) is 7. The van der Waals surface area contributed by atoms with Gasteiger partial charge < -0.3 is 9.84 Å². The molecule has 0 atom stereocenters. The summed E-state index contributed by atoms with van der Waals surface area (Å²) in [5.41, 5.74) is -0.170. The third-order valence-corrected chi connectivity index (χ3v) is 2.53. The fraction of sp³-hybridized carbons (Fsp3) is 0.182. The second-order valence-corrected chi connectivity index (χ2v) is 3.80. The summed E-state index contributed by atoms with van der Waals surface area (Å²) in [6, 6.07) is 3.77. The Labute approximate surface area is 111 Å². The highest BCUT2D eigenvalue weighted by molar-refractivity contribution is 5.95. The average molecular weight is 279 g/mol. The summed E-state index contributed by atoms with van der Waals surface area (Å²) in [5.74, 6) is -1.56. The summed E-state index contributed by atoms with van der Waals surface area (Å²) in [6.45, 7) is 1.54. The molecule has 1 aromatic carbocycles. The largest absolute Gasteiger partial charge is 0.486 e. The molecular weight excluding hydrogens is 270 g/mol. The van der Waals surface area contributed by atoms with Crippen molar-refractivity contribution in [2.75, 3.05) is 0 Å². The highest BCUT2D eigenvalue weighted by atomic mass is 16.6. The molecule has 2 rings (SSSR count). The van der Waals surface area contributed by atoms with Gasteiger partial charge in [0.25, 0.3) is 5.69 Å². The SMILES string of the molecule is Cc1nonc1COc1cccc([N+](=O)[O-])c1C(=O)O. The highest BCUT2D eigenvalue weighted by Crippen LogP contribution is 2.28. The van der Waals surface area contributed by atoms with Crippen molar-refractivity contribution in [2.24, 2.45) is 0 Å². The molecule has 0 saturated carbocycles. The van der Waals surface area contributed by atoms with Gasteiger partial charge in [0.15, 0.2) is 5.56 Å². The topological polar surface area (TPSA) is 129 Å². The quantitative estimate of drug-likeness (QED) is 0.644. The minimum Gasteiger partial charge on any atom is -0.486 e. The molecule has 104 valence electrons. The molecule has 1 heterocycles. The van der Waals surface area contributed by atoms with Gasteiger partial charge >= 0.3 is 5.97 Å². The van der Waals surface area contributed by atoms with Crippen molar-refractivity contribution in [2.45, 2.75) is 13.5 Å². The van der Waals surface area contributed by atoms with E-state index in [2.05, 4.69) is 14.9 Å². The second-order valence-electron chi connectivity index (χ2n) is 3.80. The number of aromatic carboxylic acids is 1. The summed E-state index contributed by atoms with van der Waals surface area (Å²) in [7, 11) is 0. The van der Waals surface area contributed by atoms with Gasteiger partial charge in [0.2, 0.25) is 0 Å². The first-order chi connectivity index (χ1) is 9.50. The van der Waals surface area contributed by atoms with E-state index in [4.69, 9.17) is 9.84 Å². The van der Waals surface area contributed by atoms with Gasteiger partial charge in [-0.3, -0.25) is 10.1 Å². The predicted molar refractivity (Wildman–Crippen MR) is 63.4 cm³/mol. The zero-order valence-electron chi connectivity index (χ0n) is 10.3. The molecular formula is C11H9N3O6. The average Bonchev–Trinajstić information content (AvgIpc) is 2.81. The van der Waals surface area contributed by atoms with Crippen LogP contribution in [0.4, 0.5) is 5.69 Å². The van der Waals surface area contributed by atoms with Crippen LogP contribution in [0.3, 0.4) is 0 Å². The maximum atomic E-state index is 11.1. The maximum absolute atomic E-state index is 11.1. The predicted octanol–water partition coefficient (Wildman–Crippen LogP) is 1.56. The fourth-order valence-corrected chi connectivity index (χ4v) is 1.53. The summed E-state index contributed by atoms with van der Waals surface area (Å²) in [6.07, 6.45) is 0. The van der Waals surface area contributed by atoms with Crippen molar-refractivity contribution in [1.82, 2.24) is 10.3 Å². The minimum absolute atomic E-state index is 0.100. The number of ether oxygens (including phenoxy) is 1. The molecule has 9 heteroatoms. The Bertz CT molecular complexity index is 666. The zero-order chi connectivity index (χ0) is 14.7. The number of benzene rings is 1. The lowest BCUT2D eigenvalue weighted by Gasteiger charge is -2.07. The Morgan fingerprint density at radius 1 is 1.50 bits per heavy atom. The third-order valence-electron chi connectivity index (χ3n) is 2.53. The van der Waals surface area contributed by atoms with Crippen LogP contribution in [0.2, 0.25) is 0 Å². The van der Waals surface area contributed by atoms with Crippen LogP contribution in [-0.2, 0) is 6.61 Å². The van der Waals surface area contributed by atoms with E-state index in [1.807, 2.05) is 0 Å². The Morgan fingerprint density at radius 3 is 2.80 bits per heavy atom. The third kappa shape index (κ3) is 2.55. The lowest BCUT2D eigenvalue weighted by molar-refractivity contribution is -0.385. The van der Waals surface area contributed by atoms with E-state index in [0.717, 1.165) is 6.07 Å². The van der Waals surface area contributed by atoms with Gasteiger partial charge in [0.05, 0.1) is 4.92 Å². The normalized spacial score (nSPS) is 10.2. The smallest absolute Gasteiger partial charge is 0.346 e. The molecule has 0 saturated heterocycles. The molecule has 0 unspecified atom stereocenters. The van der Waals surface area contributed by atoms with Gasteiger partial charge in [-0.1, -0.05) is 16.4 Å². The van der Waals surface area contributed by atoms with Gasteiger partial charge in [0, 0.05) is 6.07 Å². The summed E-state index contributed by atoms with van der Waals surface area (Å²) < 4.78 is 9.74. The van der Waals surface area contributed by atoms with Gasteiger partial charge in [0.1, 0.15) is 23.7 Å². The number of nitrogens with zero attached hydrogens (tertiary/aromatic N) is 3. The van der Waals surface area contributed by atoms with Crippen molar-refractivity contribution in [1.29, 1.82) is 0 Å². The number of rotatable bonds is 5. The fourth-order valence-electron chi connectivity index (χ4n) is 1.53. The second kappa shape index (κ2) is 5.34. The molecule has 0 spiro atoms. The Kier molecular flexibility index (Phi) is 3.60. The van der Waals surface area contributed by atoms with Crippen LogP contribution in [0.5, 0.6) is 5.75 Å². The first-order valence-corrected chi connectivity index (χ1v) is 5.42. The lowest BCUT2D eigenvalue weighted by Crippen LogP contribution is -2.07. The number of carboxylic acids is 1. The molecule has 0 radical (unpaired) electrons. The van der Waals surface area contributed by atoms with Gasteiger partial charge in [-0.2, -0.15) is 0 Å². The summed E-state index contributed by atoms with van der Waals surface area (Å²) >= 11 is 0. The van der Waals surface area contributed by atoms with E-state index in [-0.39, 0.29) is 12.4 Å². The number of hydrogen-bond donors (Lipinski definition) is 1. The van der Waals surface area contributed by atoms with E-state index in [9.17, 15) is 14.9 Å². The molecule has 2 aromatic rings. The molecule has 0 fully saturated rings. The van der Waals surface area contributed by atoms with Crippen LogP contribution < -0.4 is 4.74 Å². The van der Waals surface area contributed by atoms with Crippen LogP contribution in [0.15, 0.2) is 22.8 Å². The number of nitro groups is 1. The van der Waals surface area contributed by atoms with Crippen molar-refractivity contribution in [3.63, 3.8) is 0 Å². The van der Waals surface area contributed by atoms with Crippen LogP contribution in [0, 0.1) is 17.0 Å². The number of aryl methyl sites for hydroxylation is 1. The Morgan fingerprint density at radius 2 is 2.25 bits per heavy atom. The van der Waals surface area contributed by atoms with Gasteiger partial charge in [-0.15, -0.1) is 0 Å². The van der Waals surface area contributed by atoms with Crippen LogP contribution in [-0.4, -0.2) is 26.3 Å². The lowest BCUT2D eigenvalue weighted by atomic mass is 10.1. The molecule has 9 nitrogen and oxygen atoms in total. The molecule has 1 N–H and O–H groups in total. The highest BCUT2D eigenvalue weighted by Gasteiger charge is 2.25. The minimum atomic E-state index is -1.44. The van der Waals surface area contributed by atoms with Crippen molar-refractivity contribution in [3.8, 4) is 5.75 Å². The molecule has 1 aromatic heterocycles. The molecule has 0 aliphatic heterocycles. The monoisotopic (exact) mass is 279 g/mol. The Balaban J connectivity index is 2.32. The Hall–Kier alpha value is -2.97. The standard InChI is InChI=1S/C11H9N3O6/c1-6-7(13-20-12-6)5-19-9-4-2-3-8(14(17)18)10(9)11(15)16/h2-4H,5H2,1H3,(H,15,16). The van der Waals surface area contributed by atoms with Crippen LogP contribution in [0.1, 0.15) is 21.7 Å². The molecule has 0 amide bonds.